The fourth-order valence-electron chi connectivity index (χ4n) is 3.01. The number of aromatic nitrogens is 1. The van der Waals surface area contributed by atoms with Gasteiger partial charge in [0.1, 0.15) is 17.2 Å². The van der Waals surface area contributed by atoms with Crippen LogP contribution in [0.15, 0.2) is 82.8 Å². The van der Waals surface area contributed by atoms with Gasteiger partial charge in [0.05, 0.1) is 6.26 Å². The van der Waals surface area contributed by atoms with E-state index in [0.29, 0.717) is 0 Å². The minimum Gasteiger partial charge on any atom is -0.463 e. The first kappa shape index (κ1) is 16.8. The number of nitrogens with two attached hydrogens (primary N) is 1. The molecule has 2 aromatic carbocycles. The monoisotopic (exact) mass is 361 g/mol. The highest BCUT2D eigenvalue weighted by atomic mass is 32.1. The molecule has 2 heterocycles. The number of furan rings is 1. The molecule has 0 aliphatic rings. The van der Waals surface area contributed by atoms with Gasteiger partial charge in [0.25, 0.3) is 0 Å². The maximum absolute atomic E-state index is 5.68. The predicted octanol–water partition coefficient (Wildman–Crippen LogP) is 4.56. The topological polar surface area (TPSA) is 42.6 Å². The van der Waals surface area contributed by atoms with Crippen LogP contribution in [0.3, 0.4) is 0 Å². The Morgan fingerprint density at radius 1 is 1.00 bits per heavy atom. The summed E-state index contributed by atoms with van der Waals surface area (Å²) in [6.07, 6.45) is 1.73. The summed E-state index contributed by atoms with van der Waals surface area (Å²) in [6, 6.07) is 23.1. The fourth-order valence-corrected chi connectivity index (χ4v) is 3.85. The van der Waals surface area contributed by atoms with Gasteiger partial charge in [-0.3, -0.25) is 0 Å². The molecule has 0 bridgehead atoms. The highest BCUT2D eigenvalue weighted by Gasteiger charge is 2.20. The standard InChI is InChI=1S/C22H20N2OS/c1-16-9-11-18(12-10-16)22-24-19(15-26-22)14-23-21(20-8-5-13-25-20)17-6-3-2-4-7-17/h2-13,15,21,23H,14H2,1H3/p+1/t21-/m0/s1. The number of hydrogen-bond acceptors (Lipinski definition) is 3. The molecule has 130 valence electrons. The number of aryl methyl sites for hydroxylation is 1. The van der Waals surface area contributed by atoms with Gasteiger partial charge in [-0.2, -0.15) is 0 Å². The quantitative estimate of drug-likeness (QED) is 0.547. The molecular weight excluding hydrogens is 340 g/mol. The first-order chi connectivity index (χ1) is 12.8. The van der Waals surface area contributed by atoms with Crippen LogP contribution in [0, 0.1) is 6.92 Å². The van der Waals surface area contributed by atoms with Crippen molar-refractivity contribution < 1.29 is 9.73 Å². The normalized spacial score (nSPS) is 12.2. The van der Waals surface area contributed by atoms with Crippen molar-refractivity contribution in [2.24, 2.45) is 0 Å². The van der Waals surface area contributed by atoms with Crippen LogP contribution in [0.4, 0.5) is 0 Å². The smallest absolute Gasteiger partial charge is 0.170 e. The molecule has 0 unspecified atom stereocenters. The lowest BCUT2D eigenvalue weighted by Gasteiger charge is -2.13. The minimum atomic E-state index is 0.135. The highest BCUT2D eigenvalue weighted by Crippen LogP contribution is 2.24. The van der Waals surface area contributed by atoms with E-state index in [0.717, 1.165) is 23.0 Å². The van der Waals surface area contributed by atoms with Gasteiger partial charge >= 0.3 is 0 Å². The second-order valence-corrected chi connectivity index (χ2v) is 7.21. The lowest BCUT2D eigenvalue weighted by atomic mass is 10.0. The second-order valence-electron chi connectivity index (χ2n) is 6.35. The number of thiazole rings is 1. The van der Waals surface area contributed by atoms with E-state index in [2.05, 4.69) is 66.2 Å². The SMILES string of the molecule is Cc1ccc(-c2nc(C[NH2+][C@@H](c3ccccc3)c3ccco3)cs2)cc1. The average molecular weight is 361 g/mol. The molecule has 0 radical (unpaired) electrons. The lowest BCUT2D eigenvalue weighted by molar-refractivity contribution is -0.704. The molecular formula is C22H21N2OS+. The summed E-state index contributed by atoms with van der Waals surface area (Å²) in [6.45, 7) is 2.91. The van der Waals surface area contributed by atoms with Gasteiger partial charge in [-0.05, 0) is 19.1 Å². The highest BCUT2D eigenvalue weighted by molar-refractivity contribution is 7.13. The van der Waals surface area contributed by atoms with Crippen molar-refractivity contribution in [2.45, 2.75) is 19.5 Å². The van der Waals surface area contributed by atoms with E-state index in [1.54, 1.807) is 17.6 Å². The molecule has 0 spiro atoms. The third-order valence-electron chi connectivity index (χ3n) is 4.42. The Bertz CT molecular complexity index is 944. The Kier molecular flexibility index (Phi) is 4.95. The van der Waals surface area contributed by atoms with Gasteiger partial charge in [-0.1, -0.05) is 60.2 Å². The third-order valence-corrected chi connectivity index (χ3v) is 5.36. The Balaban J connectivity index is 1.51. The van der Waals surface area contributed by atoms with E-state index < -0.39 is 0 Å². The van der Waals surface area contributed by atoms with Gasteiger partial charge < -0.3 is 9.73 Å². The summed E-state index contributed by atoms with van der Waals surface area (Å²) < 4.78 is 5.68. The lowest BCUT2D eigenvalue weighted by Crippen LogP contribution is -2.83. The van der Waals surface area contributed by atoms with Crippen LogP contribution < -0.4 is 5.32 Å². The summed E-state index contributed by atoms with van der Waals surface area (Å²) >= 11 is 1.70. The van der Waals surface area contributed by atoms with E-state index in [9.17, 15) is 0 Å². The van der Waals surface area contributed by atoms with E-state index in [-0.39, 0.29) is 6.04 Å². The molecule has 0 aliphatic heterocycles. The van der Waals surface area contributed by atoms with E-state index in [1.807, 2.05) is 18.2 Å². The first-order valence-electron chi connectivity index (χ1n) is 8.73. The summed E-state index contributed by atoms with van der Waals surface area (Å²) in [4.78, 5) is 4.81. The number of rotatable bonds is 6. The largest absolute Gasteiger partial charge is 0.463 e. The number of nitrogens with zero attached hydrogens (tertiary/aromatic N) is 1. The molecule has 2 aromatic heterocycles. The number of quaternary nitrogens is 1. The van der Waals surface area contributed by atoms with Gasteiger partial charge in [-0.25, -0.2) is 4.98 Å². The Morgan fingerprint density at radius 2 is 1.81 bits per heavy atom. The zero-order valence-electron chi connectivity index (χ0n) is 14.6. The van der Waals surface area contributed by atoms with Crippen molar-refractivity contribution in [2.75, 3.05) is 0 Å². The Hall–Kier alpha value is -2.69. The first-order valence-corrected chi connectivity index (χ1v) is 9.61. The molecule has 2 N–H and O–H groups in total. The third kappa shape index (κ3) is 3.77. The van der Waals surface area contributed by atoms with Crippen LogP contribution in [0.2, 0.25) is 0 Å². The van der Waals surface area contributed by atoms with Crippen LogP contribution in [0.5, 0.6) is 0 Å². The summed E-state index contributed by atoms with van der Waals surface area (Å²) in [5.41, 5.74) is 4.77. The van der Waals surface area contributed by atoms with Gasteiger partial charge in [-0.15, -0.1) is 11.3 Å². The van der Waals surface area contributed by atoms with Crippen molar-refractivity contribution in [3.63, 3.8) is 0 Å². The van der Waals surface area contributed by atoms with Crippen LogP contribution in [-0.2, 0) is 6.54 Å². The van der Waals surface area contributed by atoms with Crippen molar-refractivity contribution in [1.29, 1.82) is 0 Å². The Labute approximate surface area is 157 Å². The predicted molar refractivity (Wildman–Crippen MR) is 105 cm³/mol. The molecule has 0 fully saturated rings. The molecule has 1 atom stereocenters. The Morgan fingerprint density at radius 3 is 2.54 bits per heavy atom. The molecule has 0 saturated carbocycles. The number of hydrogen-bond donors (Lipinski definition) is 1. The van der Waals surface area contributed by atoms with Crippen molar-refractivity contribution in [3.8, 4) is 10.6 Å². The minimum absolute atomic E-state index is 0.135. The van der Waals surface area contributed by atoms with Crippen LogP contribution >= 0.6 is 11.3 Å². The summed E-state index contributed by atoms with van der Waals surface area (Å²) in [5.74, 6) is 0.963. The zero-order valence-corrected chi connectivity index (χ0v) is 15.4. The molecule has 4 heteroatoms. The van der Waals surface area contributed by atoms with E-state index in [1.165, 1.54) is 16.7 Å². The molecule has 0 aliphatic carbocycles. The number of benzene rings is 2. The molecule has 4 aromatic rings. The molecule has 4 rings (SSSR count). The van der Waals surface area contributed by atoms with E-state index >= 15 is 0 Å². The maximum atomic E-state index is 5.68. The molecule has 26 heavy (non-hydrogen) atoms. The summed E-state index contributed by atoms with van der Waals surface area (Å²) in [5, 5.41) is 5.50. The van der Waals surface area contributed by atoms with Crippen molar-refractivity contribution in [1.82, 2.24) is 4.98 Å². The van der Waals surface area contributed by atoms with Crippen molar-refractivity contribution >= 4 is 11.3 Å². The van der Waals surface area contributed by atoms with Gasteiger partial charge in [0.2, 0.25) is 0 Å². The second kappa shape index (κ2) is 7.68. The summed E-state index contributed by atoms with van der Waals surface area (Å²) in [7, 11) is 0. The molecule has 0 amide bonds. The maximum Gasteiger partial charge on any atom is 0.170 e. The van der Waals surface area contributed by atoms with Crippen molar-refractivity contribution in [3.05, 3.63) is 101 Å². The van der Waals surface area contributed by atoms with Crippen LogP contribution in [0.1, 0.15) is 28.6 Å². The zero-order chi connectivity index (χ0) is 17.8. The fraction of sp³-hybridized carbons (Fsp3) is 0.136. The van der Waals surface area contributed by atoms with Crippen LogP contribution in [0.25, 0.3) is 10.6 Å². The van der Waals surface area contributed by atoms with E-state index in [4.69, 9.17) is 9.40 Å². The molecule has 3 nitrogen and oxygen atoms in total. The average Bonchev–Trinajstić information content (AvgIpc) is 3.36. The molecule has 0 saturated heterocycles. The van der Waals surface area contributed by atoms with Crippen LogP contribution in [-0.4, -0.2) is 4.98 Å². The van der Waals surface area contributed by atoms with Gasteiger partial charge in [0, 0.05) is 16.5 Å². The van der Waals surface area contributed by atoms with Gasteiger partial charge in [0.15, 0.2) is 11.8 Å².